The van der Waals surface area contributed by atoms with Crippen molar-refractivity contribution in [1.29, 1.82) is 0 Å². The Morgan fingerprint density at radius 2 is 2.17 bits per heavy atom. The molecule has 2 N–H and O–H groups in total. The van der Waals surface area contributed by atoms with E-state index in [0.29, 0.717) is 17.9 Å². The van der Waals surface area contributed by atoms with E-state index in [1.54, 1.807) is 13.8 Å². The molecule has 2 rings (SSSR count). The summed E-state index contributed by atoms with van der Waals surface area (Å²) < 4.78 is 27.0. The Morgan fingerprint density at radius 1 is 1.44 bits per heavy atom. The Balaban J connectivity index is 2.08. The molecule has 1 aliphatic carbocycles. The van der Waals surface area contributed by atoms with Gasteiger partial charge in [-0.05, 0) is 32.6 Å². The molecule has 5 nitrogen and oxygen atoms in total. The van der Waals surface area contributed by atoms with Gasteiger partial charge in [0.25, 0.3) is 0 Å². The minimum absolute atomic E-state index is 0.0826. The minimum Gasteiger partial charge on any atom is -0.281 e. The molecule has 0 bridgehead atoms. The van der Waals surface area contributed by atoms with E-state index in [2.05, 4.69) is 14.9 Å². The van der Waals surface area contributed by atoms with Gasteiger partial charge in [0.15, 0.2) is 0 Å². The number of alkyl halides is 1. The first-order valence-corrected chi connectivity index (χ1v) is 7.99. The van der Waals surface area contributed by atoms with Gasteiger partial charge in [-0.2, -0.15) is 5.10 Å². The number of rotatable bonds is 4. The summed E-state index contributed by atoms with van der Waals surface area (Å²) in [5, 5.41) is 6.67. The van der Waals surface area contributed by atoms with Gasteiger partial charge in [-0.3, -0.25) is 5.10 Å². The van der Waals surface area contributed by atoms with Gasteiger partial charge >= 0.3 is 0 Å². The summed E-state index contributed by atoms with van der Waals surface area (Å²) in [6.07, 6.45) is 3.03. The molecule has 2 unspecified atom stereocenters. The minimum atomic E-state index is -3.49. The number of aryl methyl sites for hydroxylation is 2. The second-order valence-corrected chi connectivity index (χ2v) is 7.09. The Kier molecular flexibility index (Phi) is 3.99. The van der Waals surface area contributed by atoms with Crippen molar-refractivity contribution in [3.8, 4) is 0 Å². The maximum absolute atomic E-state index is 12.2. The van der Waals surface area contributed by atoms with Crippen LogP contribution < -0.4 is 4.72 Å². The Labute approximate surface area is 112 Å². The van der Waals surface area contributed by atoms with Crippen LogP contribution >= 0.6 is 11.6 Å². The highest BCUT2D eigenvalue weighted by atomic mass is 35.5. The molecule has 0 saturated heterocycles. The molecule has 1 heterocycles. The van der Waals surface area contributed by atoms with E-state index in [1.165, 1.54) is 0 Å². The topological polar surface area (TPSA) is 74.8 Å². The highest BCUT2D eigenvalue weighted by Gasteiger charge is 2.28. The average molecular weight is 292 g/mol. The number of H-pyrrole nitrogens is 1. The van der Waals surface area contributed by atoms with E-state index in [0.717, 1.165) is 19.3 Å². The van der Waals surface area contributed by atoms with Gasteiger partial charge in [-0.25, -0.2) is 13.1 Å². The number of aromatic amines is 1. The Morgan fingerprint density at radius 3 is 2.67 bits per heavy atom. The molecule has 2 atom stereocenters. The SMILES string of the molecule is Cc1n[nH]c(C)c1S(=O)(=O)NCC1CCCC1Cl. The van der Waals surface area contributed by atoms with E-state index in [1.807, 2.05) is 0 Å². The molecule has 1 fully saturated rings. The van der Waals surface area contributed by atoms with E-state index in [-0.39, 0.29) is 16.2 Å². The predicted molar refractivity (Wildman–Crippen MR) is 70.2 cm³/mol. The van der Waals surface area contributed by atoms with Crippen LogP contribution in [-0.4, -0.2) is 30.5 Å². The third-order valence-corrected chi connectivity index (χ3v) is 5.69. The summed E-state index contributed by atoms with van der Waals surface area (Å²) in [4.78, 5) is 0.256. The highest BCUT2D eigenvalue weighted by Crippen LogP contribution is 2.30. The van der Waals surface area contributed by atoms with Crippen molar-refractivity contribution in [1.82, 2.24) is 14.9 Å². The predicted octanol–water partition coefficient (Wildman–Crippen LogP) is 1.71. The quantitative estimate of drug-likeness (QED) is 0.829. The molecule has 0 amide bonds. The number of halogens is 1. The van der Waals surface area contributed by atoms with Crippen molar-refractivity contribution in [2.24, 2.45) is 5.92 Å². The molecular weight excluding hydrogens is 274 g/mol. The van der Waals surface area contributed by atoms with Crippen molar-refractivity contribution in [2.75, 3.05) is 6.54 Å². The van der Waals surface area contributed by atoms with Gasteiger partial charge in [0, 0.05) is 11.9 Å². The largest absolute Gasteiger partial charge is 0.281 e. The summed E-state index contributed by atoms with van der Waals surface area (Å²) >= 11 is 6.14. The molecule has 18 heavy (non-hydrogen) atoms. The lowest BCUT2D eigenvalue weighted by Crippen LogP contribution is -2.31. The van der Waals surface area contributed by atoms with E-state index >= 15 is 0 Å². The van der Waals surface area contributed by atoms with Crippen molar-refractivity contribution < 1.29 is 8.42 Å². The third-order valence-electron chi connectivity index (χ3n) is 3.43. The maximum Gasteiger partial charge on any atom is 0.244 e. The average Bonchev–Trinajstić information content (AvgIpc) is 2.83. The van der Waals surface area contributed by atoms with Crippen LogP contribution in [0.1, 0.15) is 30.7 Å². The first kappa shape index (κ1) is 13.8. The van der Waals surface area contributed by atoms with Gasteiger partial charge in [-0.1, -0.05) is 6.42 Å². The number of nitrogens with one attached hydrogen (secondary N) is 2. The van der Waals surface area contributed by atoms with Crippen LogP contribution in [0, 0.1) is 19.8 Å². The lowest BCUT2D eigenvalue weighted by Gasteiger charge is -2.14. The lowest BCUT2D eigenvalue weighted by molar-refractivity contribution is 0.523. The summed E-state index contributed by atoms with van der Waals surface area (Å²) in [6, 6.07) is 0. The normalized spacial score (nSPS) is 24.6. The smallest absolute Gasteiger partial charge is 0.244 e. The Hall–Kier alpha value is -0.590. The summed E-state index contributed by atoms with van der Waals surface area (Å²) in [6.45, 7) is 3.78. The lowest BCUT2D eigenvalue weighted by atomic mass is 10.1. The van der Waals surface area contributed by atoms with Gasteiger partial charge in [0.2, 0.25) is 10.0 Å². The molecule has 0 aromatic carbocycles. The zero-order valence-corrected chi connectivity index (χ0v) is 12.1. The fourth-order valence-electron chi connectivity index (χ4n) is 2.45. The van der Waals surface area contributed by atoms with Crippen LogP contribution in [-0.2, 0) is 10.0 Å². The van der Waals surface area contributed by atoms with Crippen LogP contribution in [0.3, 0.4) is 0 Å². The fraction of sp³-hybridized carbons (Fsp3) is 0.727. The summed E-state index contributed by atoms with van der Waals surface area (Å²) in [5.41, 5.74) is 1.06. The number of aromatic nitrogens is 2. The maximum atomic E-state index is 12.2. The van der Waals surface area contributed by atoms with Crippen molar-refractivity contribution in [3.63, 3.8) is 0 Å². The van der Waals surface area contributed by atoms with Gasteiger partial charge in [-0.15, -0.1) is 11.6 Å². The van der Waals surface area contributed by atoms with Crippen LogP contribution in [0.25, 0.3) is 0 Å². The van der Waals surface area contributed by atoms with Gasteiger partial charge in [0.05, 0.1) is 11.4 Å². The molecular formula is C11H18ClN3O2S. The van der Waals surface area contributed by atoms with Crippen LogP contribution in [0.5, 0.6) is 0 Å². The number of nitrogens with zero attached hydrogens (tertiary/aromatic N) is 1. The molecule has 1 aliphatic rings. The highest BCUT2D eigenvalue weighted by molar-refractivity contribution is 7.89. The van der Waals surface area contributed by atoms with Gasteiger partial charge in [0.1, 0.15) is 4.90 Å². The molecule has 102 valence electrons. The number of sulfonamides is 1. The monoisotopic (exact) mass is 291 g/mol. The molecule has 1 aromatic rings. The van der Waals surface area contributed by atoms with Crippen LogP contribution in [0.15, 0.2) is 4.90 Å². The molecule has 7 heteroatoms. The number of hydrogen-bond donors (Lipinski definition) is 2. The molecule has 0 spiro atoms. The zero-order chi connectivity index (χ0) is 13.3. The third kappa shape index (κ3) is 2.70. The molecule has 1 aromatic heterocycles. The molecule has 0 aliphatic heterocycles. The standard InChI is InChI=1S/C11H18ClN3O2S/c1-7-11(8(2)15-14-7)18(16,17)13-6-9-4-3-5-10(9)12/h9-10,13H,3-6H2,1-2H3,(H,14,15). The van der Waals surface area contributed by atoms with Gasteiger partial charge < -0.3 is 0 Å². The Bertz CT molecular complexity index is 507. The van der Waals surface area contributed by atoms with Crippen molar-refractivity contribution in [3.05, 3.63) is 11.4 Å². The number of hydrogen-bond acceptors (Lipinski definition) is 3. The van der Waals surface area contributed by atoms with Crippen LogP contribution in [0.2, 0.25) is 0 Å². The first-order chi connectivity index (χ1) is 8.42. The fourth-order valence-corrected chi connectivity index (χ4v) is 4.28. The van der Waals surface area contributed by atoms with Crippen LogP contribution in [0.4, 0.5) is 0 Å². The second-order valence-electron chi connectivity index (χ2n) is 4.82. The van der Waals surface area contributed by atoms with E-state index < -0.39 is 10.0 Å². The molecule has 1 saturated carbocycles. The van der Waals surface area contributed by atoms with E-state index in [4.69, 9.17) is 11.6 Å². The summed E-state index contributed by atoms with van der Waals surface area (Å²) in [7, 11) is -3.49. The van der Waals surface area contributed by atoms with Crippen molar-refractivity contribution >= 4 is 21.6 Å². The second kappa shape index (κ2) is 5.19. The zero-order valence-electron chi connectivity index (χ0n) is 10.5. The summed E-state index contributed by atoms with van der Waals surface area (Å²) in [5.74, 6) is 0.231. The first-order valence-electron chi connectivity index (χ1n) is 6.07. The van der Waals surface area contributed by atoms with Crippen molar-refractivity contribution in [2.45, 2.75) is 43.4 Å². The molecule has 0 radical (unpaired) electrons. The van der Waals surface area contributed by atoms with E-state index in [9.17, 15) is 8.42 Å².